The van der Waals surface area contributed by atoms with Gasteiger partial charge in [0.2, 0.25) is 15.9 Å². The number of ether oxygens (including phenoxy) is 2. The third-order valence-corrected chi connectivity index (χ3v) is 6.09. The van der Waals surface area contributed by atoms with E-state index < -0.39 is 21.8 Å². The van der Waals surface area contributed by atoms with Crippen LogP contribution in [-0.4, -0.2) is 33.9 Å². The molecule has 0 bridgehead atoms. The maximum absolute atomic E-state index is 12.6. The van der Waals surface area contributed by atoms with Crippen molar-refractivity contribution >= 4 is 21.8 Å². The van der Waals surface area contributed by atoms with Crippen molar-refractivity contribution in [2.24, 2.45) is 0 Å². The van der Waals surface area contributed by atoms with Crippen LogP contribution in [0.5, 0.6) is 11.5 Å². The molecule has 0 fully saturated rings. The highest BCUT2D eigenvalue weighted by Gasteiger charge is 2.16. The van der Waals surface area contributed by atoms with Gasteiger partial charge in [-0.2, -0.15) is 0 Å². The average Bonchev–Trinajstić information content (AvgIpc) is 2.87. The zero-order valence-electron chi connectivity index (χ0n) is 18.5. The quantitative estimate of drug-likeness (QED) is 0.381. The SMILES string of the molecule is COc1ccc(OCCC(=O)NNC(=O)c2cccc(S(=O)(=O)NCc3ccccc3)c2)cc1. The Kier molecular flexibility index (Phi) is 8.60. The Balaban J connectivity index is 1.47. The maximum atomic E-state index is 12.6. The van der Waals surface area contributed by atoms with Crippen LogP contribution in [-0.2, 0) is 21.4 Å². The number of amides is 2. The van der Waals surface area contributed by atoms with E-state index in [0.717, 1.165) is 5.56 Å². The molecular formula is C24H25N3O6S. The number of rotatable bonds is 10. The summed E-state index contributed by atoms with van der Waals surface area (Å²) in [5.74, 6) is 0.160. The lowest BCUT2D eigenvalue weighted by molar-refractivity contribution is -0.122. The summed E-state index contributed by atoms with van der Waals surface area (Å²) < 4.78 is 38.2. The predicted octanol–water partition coefficient (Wildman–Crippen LogP) is 2.40. The van der Waals surface area contributed by atoms with Crippen LogP contribution in [0.3, 0.4) is 0 Å². The van der Waals surface area contributed by atoms with Crippen LogP contribution in [0, 0.1) is 0 Å². The van der Waals surface area contributed by atoms with E-state index in [2.05, 4.69) is 15.6 Å². The Bertz CT molecular complexity index is 1210. The number of hydrogen-bond donors (Lipinski definition) is 3. The van der Waals surface area contributed by atoms with Crippen molar-refractivity contribution in [1.29, 1.82) is 0 Å². The fraction of sp³-hybridized carbons (Fsp3) is 0.167. The lowest BCUT2D eigenvalue weighted by Gasteiger charge is -2.10. The van der Waals surface area contributed by atoms with Crippen molar-refractivity contribution in [2.75, 3.05) is 13.7 Å². The highest BCUT2D eigenvalue weighted by Crippen LogP contribution is 2.17. The fourth-order valence-electron chi connectivity index (χ4n) is 2.86. The first-order chi connectivity index (χ1) is 16.4. The second kappa shape index (κ2) is 11.8. The van der Waals surface area contributed by atoms with Crippen LogP contribution in [0.25, 0.3) is 0 Å². The van der Waals surface area contributed by atoms with Gasteiger partial charge in [-0.1, -0.05) is 36.4 Å². The van der Waals surface area contributed by atoms with Gasteiger partial charge in [-0.05, 0) is 48.0 Å². The van der Waals surface area contributed by atoms with E-state index in [-0.39, 0.29) is 30.0 Å². The minimum absolute atomic E-state index is 0.00410. The van der Waals surface area contributed by atoms with Gasteiger partial charge in [0, 0.05) is 12.1 Å². The van der Waals surface area contributed by atoms with Crippen molar-refractivity contribution in [2.45, 2.75) is 17.9 Å². The lowest BCUT2D eigenvalue weighted by Crippen LogP contribution is -2.42. The largest absolute Gasteiger partial charge is 0.497 e. The highest BCUT2D eigenvalue weighted by atomic mass is 32.2. The van der Waals surface area contributed by atoms with E-state index in [1.807, 2.05) is 18.2 Å². The molecule has 0 saturated heterocycles. The van der Waals surface area contributed by atoms with E-state index in [1.165, 1.54) is 24.3 Å². The Morgan fingerprint density at radius 1 is 0.853 bits per heavy atom. The zero-order chi connectivity index (χ0) is 24.4. The minimum Gasteiger partial charge on any atom is -0.497 e. The number of carbonyl (C=O) groups is 2. The van der Waals surface area contributed by atoms with Gasteiger partial charge in [-0.25, -0.2) is 13.1 Å². The van der Waals surface area contributed by atoms with Gasteiger partial charge in [0.1, 0.15) is 11.5 Å². The van der Waals surface area contributed by atoms with Gasteiger partial charge in [0.25, 0.3) is 5.91 Å². The molecule has 34 heavy (non-hydrogen) atoms. The van der Waals surface area contributed by atoms with E-state index in [4.69, 9.17) is 9.47 Å². The van der Waals surface area contributed by atoms with Crippen LogP contribution < -0.4 is 25.0 Å². The van der Waals surface area contributed by atoms with Gasteiger partial charge < -0.3 is 9.47 Å². The molecule has 0 spiro atoms. The molecule has 0 aliphatic heterocycles. The summed E-state index contributed by atoms with van der Waals surface area (Å²) in [6.07, 6.45) is 0.00410. The first-order valence-electron chi connectivity index (χ1n) is 10.4. The van der Waals surface area contributed by atoms with Crippen LogP contribution in [0.1, 0.15) is 22.3 Å². The molecule has 0 unspecified atom stereocenters. The Morgan fingerprint density at radius 2 is 1.56 bits per heavy atom. The van der Waals surface area contributed by atoms with Crippen molar-refractivity contribution < 1.29 is 27.5 Å². The molecule has 0 aromatic heterocycles. The Morgan fingerprint density at radius 3 is 2.26 bits per heavy atom. The molecule has 3 aromatic rings. The van der Waals surface area contributed by atoms with Gasteiger partial charge in [-0.15, -0.1) is 0 Å². The summed E-state index contributed by atoms with van der Waals surface area (Å²) in [6.45, 7) is 0.225. The molecule has 0 heterocycles. The molecule has 178 valence electrons. The van der Waals surface area contributed by atoms with E-state index in [1.54, 1.807) is 43.5 Å². The number of methoxy groups -OCH3 is 1. The predicted molar refractivity (Wildman–Crippen MR) is 126 cm³/mol. The van der Waals surface area contributed by atoms with Crippen LogP contribution in [0.15, 0.2) is 83.8 Å². The normalized spacial score (nSPS) is 10.9. The molecule has 0 aliphatic rings. The van der Waals surface area contributed by atoms with Gasteiger partial charge in [0.05, 0.1) is 25.0 Å². The maximum Gasteiger partial charge on any atom is 0.269 e. The lowest BCUT2D eigenvalue weighted by atomic mass is 10.2. The van der Waals surface area contributed by atoms with Gasteiger partial charge in [0.15, 0.2) is 0 Å². The highest BCUT2D eigenvalue weighted by molar-refractivity contribution is 7.89. The monoisotopic (exact) mass is 483 g/mol. The molecule has 0 saturated carbocycles. The molecule has 10 heteroatoms. The molecule has 0 aliphatic carbocycles. The minimum atomic E-state index is -3.83. The number of carbonyl (C=O) groups excluding carboxylic acids is 2. The first kappa shape index (κ1) is 24.7. The van der Waals surface area contributed by atoms with Crippen LogP contribution >= 0.6 is 0 Å². The standard InChI is InChI=1S/C24H25N3O6S/c1-32-20-10-12-21(13-11-20)33-15-14-23(28)26-27-24(29)19-8-5-9-22(16-19)34(30,31)25-17-18-6-3-2-4-7-18/h2-13,16,25H,14-15,17H2,1H3,(H,26,28)(H,27,29). The molecule has 9 nitrogen and oxygen atoms in total. The third kappa shape index (κ3) is 7.32. The first-order valence-corrected chi connectivity index (χ1v) is 11.9. The average molecular weight is 484 g/mol. The summed E-state index contributed by atoms with van der Waals surface area (Å²) in [5.41, 5.74) is 5.45. The molecular weight excluding hydrogens is 458 g/mol. The number of hydrazine groups is 1. The third-order valence-electron chi connectivity index (χ3n) is 4.69. The zero-order valence-corrected chi connectivity index (χ0v) is 19.3. The molecule has 3 aromatic carbocycles. The van der Waals surface area contributed by atoms with Crippen molar-refractivity contribution in [1.82, 2.24) is 15.6 Å². The Hall–Kier alpha value is -3.89. The second-order valence-electron chi connectivity index (χ2n) is 7.11. The number of benzene rings is 3. The molecule has 0 radical (unpaired) electrons. The summed E-state index contributed by atoms with van der Waals surface area (Å²) >= 11 is 0. The molecule has 2 amide bonds. The summed E-state index contributed by atoms with van der Waals surface area (Å²) in [5, 5.41) is 0. The summed E-state index contributed by atoms with van der Waals surface area (Å²) in [4.78, 5) is 24.3. The second-order valence-corrected chi connectivity index (χ2v) is 8.88. The summed E-state index contributed by atoms with van der Waals surface area (Å²) in [7, 11) is -2.27. The van der Waals surface area contributed by atoms with Crippen molar-refractivity contribution in [3.05, 3.63) is 90.0 Å². The molecule has 0 atom stereocenters. The fourth-order valence-corrected chi connectivity index (χ4v) is 3.92. The van der Waals surface area contributed by atoms with E-state index in [0.29, 0.717) is 11.5 Å². The van der Waals surface area contributed by atoms with E-state index in [9.17, 15) is 18.0 Å². The number of sulfonamides is 1. The molecule has 3 N–H and O–H groups in total. The van der Waals surface area contributed by atoms with Crippen LogP contribution in [0.4, 0.5) is 0 Å². The summed E-state index contributed by atoms with van der Waals surface area (Å²) in [6, 6.07) is 21.5. The topological polar surface area (TPSA) is 123 Å². The number of nitrogens with one attached hydrogen (secondary N) is 3. The van der Waals surface area contributed by atoms with Crippen LogP contribution in [0.2, 0.25) is 0 Å². The van der Waals surface area contributed by atoms with Crippen molar-refractivity contribution in [3.8, 4) is 11.5 Å². The van der Waals surface area contributed by atoms with Gasteiger partial charge >= 0.3 is 0 Å². The number of hydrogen-bond acceptors (Lipinski definition) is 6. The molecule has 3 rings (SSSR count). The van der Waals surface area contributed by atoms with Crippen molar-refractivity contribution in [3.63, 3.8) is 0 Å². The van der Waals surface area contributed by atoms with E-state index >= 15 is 0 Å². The van der Waals surface area contributed by atoms with Gasteiger partial charge in [-0.3, -0.25) is 20.4 Å². The smallest absolute Gasteiger partial charge is 0.269 e. The Labute approximate surface area is 198 Å².